The molecule has 27 heavy (non-hydrogen) atoms. The van der Waals surface area contributed by atoms with Gasteiger partial charge in [-0.25, -0.2) is 4.98 Å². The second-order valence-corrected chi connectivity index (χ2v) is 6.76. The Morgan fingerprint density at radius 1 is 1.33 bits per heavy atom. The zero-order valence-electron chi connectivity index (χ0n) is 15.4. The average Bonchev–Trinajstić information content (AvgIpc) is 3.29. The lowest BCUT2D eigenvalue weighted by Gasteiger charge is -2.32. The van der Waals surface area contributed by atoms with Gasteiger partial charge < -0.3 is 14.4 Å². The first-order valence-corrected chi connectivity index (χ1v) is 9.01. The molecule has 0 aromatic carbocycles. The van der Waals surface area contributed by atoms with Crippen molar-refractivity contribution in [2.45, 2.75) is 39.5 Å². The normalized spacial score (nSPS) is 16.9. The van der Waals surface area contributed by atoms with E-state index in [4.69, 9.17) is 4.52 Å². The van der Waals surface area contributed by atoms with Crippen molar-refractivity contribution >= 4 is 5.91 Å². The first-order chi connectivity index (χ1) is 13.1. The molecule has 8 heteroatoms. The number of hydrogen-bond acceptors (Lipinski definition) is 6. The van der Waals surface area contributed by atoms with Crippen molar-refractivity contribution in [2.24, 2.45) is 0 Å². The molecular formula is C19H22N6O2. The molecule has 4 rings (SSSR count). The molecule has 8 nitrogen and oxygen atoms in total. The summed E-state index contributed by atoms with van der Waals surface area (Å²) >= 11 is 0. The first kappa shape index (κ1) is 17.4. The number of fused-ring (bicyclic) bond motifs is 1. The monoisotopic (exact) mass is 366 g/mol. The largest absolute Gasteiger partial charge is 0.361 e. The minimum atomic E-state index is -0.187. The van der Waals surface area contributed by atoms with Crippen LogP contribution < -0.4 is 5.32 Å². The Balaban J connectivity index is 1.43. The van der Waals surface area contributed by atoms with Crippen LogP contribution in [0.1, 0.15) is 46.4 Å². The molecule has 1 amide bonds. The third-order valence-corrected chi connectivity index (χ3v) is 4.79. The molecule has 1 atom stereocenters. The Morgan fingerprint density at radius 3 is 2.96 bits per heavy atom. The number of nitrogens with zero attached hydrogens (tertiary/aromatic N) is 5. The summed E-state index contributed by atoms with van der Waals surface area (Å²) in [6, 6.07) is 7.67. The summed E-state index contributed by atoms with van der Waals surface area (Å²) in [5.74, 6) is 1.51. The first-order valence-electron chi connectivity index (χ1n) is 9.01. The van der Waals surface area contributed by atoms with Crippen LogP contribution in [-0.2, 0) is 19.6 Å². The zero-order chi connectivity index (χ0) is 18.8. The van der Waals surface area contributed by atoms with E-state index in [-0.39, 0.29) is 11.9 Å². The zero-order valence-corrected chi connectivity index (χ0v) is 15.4. The molecule has 0 fully saturated rings. The number of carbonyl (C=O) groups excluding carboxylic acids is 1. The summed E-state index contributed by atoms with van der Waals surface area (Å²) in [7, 11) is 0. The second kappa shape index (κ2) is 7.32. The molecule has 1 aliphatic rings. The molecule has 0 spiro atoms. The van der Waals surface area contributed by atoms with Crippen LogP contribution in [0.5, 0.6) is 0 Å². The summed E-state index contributed by atoms with van der Waals surface area (Å²) in [6.07, 6.45) is 3.54. The number of hydrogen-bond donors (Lipinski definition) is 1. The van der Waals surface area contributed by atoms with Gasteiger partial charge in [0.05, 0.1) is 24.0 Å². The van der Waals surface area contributed by atoms with Crippen molar-refractivity contribution in [1.29, 1.82) is 0 Å². The summed E-state index contributed by atoms with van der Waals surface area (Å²) in [5, 5.41) is 6.95. The van der Waals surface area contributed by atoms with E-state index in [1.54, 1.807) is 6.20 Å². The maximum absolute atomic E-state index is 12.5. The minimum Gasteiger partial charge on any atom is -0.361 e. The van der Waals surface area contributed by atoms with Crippen molar-refractivity contribution in [2.75, 3.05) is 6.54 Å². The van der Waals surface area contributed by atoms with Gasteiger partial charge in [0.1, 0.15) is 17.3 Å². The lowest BCUT2D eigenvalue weighted by Crippen LogP contribution is -2.36. The molecule has 3 aromatic rings. The lowest BCUT2D eigenvalue weighted by atomic mass is 10.2. The standard InChI is InChI=1S/C19H22N6O2/c1-13-9-16(23-27-13)11-24-7-8-25-12-17(22-18(25)14(24)2)19(26)21-10-15-5-3-4-6-20-15/h3-6,9,12,14H,7-8,10-11H2,1-2H3,(H,21,26)/t14-/m0/s1. The molecule has 3 aromatic heterocycles. The van der Waals surface area contributed by atoms with E-state index in [0.717, 1.165) is 36.1 Å². The summed E-state index contributed by atoms with van der Waals surface area (Å²) < 4.78 is 7.21. The number of imidazole rings is 1. The van der Waals surface area contributed by atoms with E-state index in [9.17, 15) is 4.79 Å². The van der Waals surface area contributed by atoms with Crippen molar-refractivity contribution in [3.63, 3.8) is 0 Å². The number of pyridine rings is 1. The Kier molecular flexibility index (Phi) is 4.72. The molecule has 0 unspecified atom stereocenters. The highest BCUT2D eigenvalue weighted by Gasteiger charge is 2.28. The van der Waals surface area contributed by atoms with Crippen LogP contribution in [-0.4, -0.2) is 37.0 Å². The molecule has 1 aliphatic heterocycles. The van der Waals surface area contributed by atoms with E-state index < -0.39 is 0 Å². The fourth-order valence-corrected chi connectivity index (χ4v) is 3.33. The number of aromatic nitrogens is 4. The molecule has 0 saturated carbocycles. The van der Waals surface area contributed by atoms with E-state index in [1.807, 2.05) is 37.4 Å². The van der Waals surface area contributed by atoms with Crippen LogP contribution in [0.3, 0.4) is 0 Å². The molecule has 0 saturated heterocycles. The maximum Gasteiger partial charge on any atom is 0.271 e. The molecule has 0 radical (unpaired) electrons. The highest BCUT2D eigenvalue weighted by molar-refractivity contribution is 5.92. The van der Waals surface area contributed by atoms with Gasteiger partial charge in [0.25, 0.3) is 5.91 Å². The van der Waals surface area contributed by atoms with Gasteiger partial charge in [-0.2, -0.15) is 0 Å². The third kappa shape index (κ3) is 3.75. The SMILES string of the molecule is Cc1cc(CN2CCn3cc(C(=O)NCc4ccccn4)nc3[C@@H]2C)no1. The highest BCUT2D eigenvalue weighted by atomic mass is 16.5. The van der Waals surface area contributed by atoms with Crippen LogP contribution in [0.15, 0.2) is 41.2 Å². The van der Waals surface area contributed by atoms with Crippen LogP contribution >= 0.6 is 0 Å². The Bertz CT molecular complexity index is 933. The van der Waals surface area contributed by atoms with Crippen LogP contribution in [0, 0.1) is 6.92 Å². The molecule has 0 bridgehead atoms. The van der Waals surface area contributed by atoms with Gasteiger partial charge >= 0.3 is 0 Å². The maximum atomic E-state index is 12.5. The minimum absolute atomic E-state index is 0.0908. The topological polar surface area (TPSA) is 89.1 Å². The van der Waals surface area contributed by atoms with Gasteiger partial charge in [-0.3, -0.25) is 14.7 Å². The Hall–Kier alpha value is -3.00. The number of aryl methyl sites for hydroxylation is 1. The predicted octanol–water partition coefficient (Wildman–Crippen LogP) is 2.08. The molecule has 140 valence electrons. The van der Waals surface area contributed by atoms with Gasteiger partial charge in [0.15, 0.2) is 0 Å². The van der Waals surface area contributed by atoms with Gasteiger partial charge in [-0.15, -0.1) is 0 Å². The van der Waals surface area contributed by atoms with Crippen molar-refractivity contribution in [3.8, 4) is 0 Å². The highest BCUT2D eigenvalue weighted by Crippen LogP contribution is 2.26. The predicted molar refractivity (Wildman–Crippen MR) is 97.7 cm³/mol. The van der Waals surface area contributed by atoms with Crippen molar-refractivity contribution in [1.82, 2.24) is 29.9 Å². The van der Waals surface area contributed by atoms with Gasteiger partial charge in [0.2, 0.25) is 0 Å². The summed E-state index contributed by atoms with van der Waals surface area (Å²) in [6.45, 7) is 6.73. The number of nitrogens with one attached hydrogen (secondary N) is 1. The molecular weight excluding hydrogens is 344 g/mol. The number of amides is 1. The summed E-state index contributed by atoms with van der Waals surface area (Å²) in [5.41, 5.74) is 2.16. The van der Waals surface area contributed by atoms with E-state index in [0.29, 0.717) is 18.8 Å². The lowest BCUT2D eigenvalue weighted by molar-refractivity contribution is 0.0945. The quantitative estimate of drug-likeness (QED) is 0.744. The average molecular weight is 366 g/mol. The van der Waals surface area contributed by atoms with E-state index >= 15 is 0 Å². The number of rotatable bonds is 5. The third-order valence-electron chi connectivity index (χ3n) is 4.79. The van der Waals surface area contributed by atoms with Crippen LogP contribution in [0.25, 0.3) is 0 Å². The van der Waals surface area contributed by atoms with Crippen molar-refractivity contribution < 1.29 is 9.32 Å². The van der Waals surface area contributed by atoms with Gasteiger partial charge in [-0.1, -0.05) is 11.2 Å². The van der Waals surface area contributed by atoms with Crippen LogP contribution in [0.2, 0.25) is 0 Å². The summed E-state index contributed by atoms with van der Waals surface area (Å²) in [4.78, 5) is 23.6. The van der Waals surface area contributed by atoms with Gasteiger partial charge in [-0.05, 0) is 26.0 Å². The fraction of sp³-hybridized carbons (Fsp3) is 0.368. The van der Waals surface area contributed by atoms with Crippen molar-refractivity contribution in [3.05, 3.63) is 65.3 Å². The second-order valence-electron chi connectivity index (χ2n) is 6.76. The van der Waals surface area contributed by atoms with E-state index in [1.165, 1.54) is 0 Å². The number of carbonyl (C=O) groups is 1. The van der Waals surface area contributed by atoms with Gasteiger partial charge in [0, 0.05) is 38.1 Å². The molecule has 1 N–H and O–H groups in total. The Morgan fingerprint density at radius 2 is 2.22 bits per heavy atom. The Labute approximate surface area is 157 Å². The molecule has 0 aliphatic carbocycles. The van der Waals surface area contributed by atoms with E-state index in [2.05, 4.69) is 36.8 Å². The van der Waals surface area contributed by atoms with Crippen LogP contribution in [0.4, 0.5) is 0 Å². The molecule has 4 heterocycles. The smallest absolute Gasteiger partial charge is 0.271 e. The fourth-order valence-electron chi connectivity index (χ4n) is 3.33.